The summed E-state index contributed by atoms with van der Waals surface area (Å²) in [5, 5.41) is 19.1. The molecule has 84 valence electrons. The summed E-state index contributed by atoms with van der Waals surface area (Å²) in [7, 11) is 0. The van der Waals surface area contributed by atoms with Gasteiger partial charge in [-0.2, -0.15) is 0 Å². The molecule has 3 nitrogen and oxygen atoms in total. The van der Waals surface area contributed by atoms with Crippen molar-refractivity contribution in [1.82, 2.24) is 4.90 Å². The minimum atomic E-state index is -0.558. The Balaban J connectivity index is 2.43. The molecule has 0 aromatic rings. The Morgan fingerprint density at radius 1 is 1.29 bits per heavy atom. The second-order valence-electron chi connectivity index (χ2n) is 4.36. The van der Waals surface area contributed by atoms with Crippen molar-refractivity contribution < 1.29 is 10.2 Å². The zero-order valence-corrected chi connectivity index (χ0v) is 9.37. The van der Waals surface area contributed by atoms with Gasteiger partial charge in [0.1, 0.15) is 0 Å². The van der Waals surface area contributed by atoms with Crippen LogP contribution in [0.2, 0.25) is 0 Å². The van der Waals surface area contributed by atoms with Crippen molar-refractivity contribution in [2.24, 2.45) is 0 Å². The molecule has 2 N–H and O–H groups in total. The van der Waals surface area contributed by atoms with Crippen LogP contribution in [0.3, 0.4) is 0 Å². The average molecular weight is 201 g/mol. The Bertz CT molecular complexity index is 165. The van der Waals surface area contributed by atoms with Gasteiger partial charge in [-0.25, -0.2) is 0 Å². The molecule has 1 aliphatic rings. The first kappa shape index (κ1) is 12.0. The van der Waals surface area contributed by atoms with Crippen LogP contribution in [0.15, 0.2) is 0 Å². The standard InChI is InChI=1S/C11H23NO2/c1-3-11(14,4-2)9-12(7-8-13)10-5-6-10/h10,13-14H,3-9H2,1-2H3. The Kier molecular flexibility index (Phi) is 4.35. The van der Waals surface area contributed by atoms with Gasteiger partial charge in [-0.15, -0.1) is 0 Å². The van der Waals surface area contributed by atoms with E-state index in [0.717, 1.165) is 12.8 Å². The highest BCUT2D eigenvalue weighted by atomic mass is 16.3. The van der Waals surface area contributed by atoms with E-state index in [2.05, 4.69) is 4.90 Å². The monoisotopic (exact) mass is 201 g/mol. The topological polar surface area (TPSA) is 43.7 Å². The first-order valence-corrected chi connectivity index (χ1v) is 5.72. The summed E-state index contributed by atoms with van der Waals surface area (Å²) >= 11 is 0. The molecule has 0 aromatic carbocycles. The van der Waals surface area contributed by atoms with E-state index in [4.69, 9.17) is 5.11 Å². The first-order valence-electron chi connectivity index (χ1n) is 5.72. The van der Waals surface area contributed by atoms with Crippen LogP contribution in [0.1, 0.15) is 39.5 Å². The molecule has 0 aliphatic heterocycles. The van der Waals surface area contributed by atoms with Crippen LogP contribution in [-0.4, -0.2) is 46.5 Å². The fourth-order valence-corrected chi connectivity index (χ4v) is 1.81. The SMILES string of the molecule is CCC(O)(CC)CN(CCO)C1CC1. The molecule has 0 atom stereocenters. The van der Waals surface area contributed by atoms with E-state index in [1.165, 1.54) is 12.8 Å². The van der Waals surface area contributed by atoms with E-state index in [0.29, 0.717) is 19.1 Å². The summed E-state index contributed by atoms with van der Waals surface area (Å²) in [5.41, 5.74) is -0.558. The van der Waals surface area contributed by atoms with Crippen molar-refractivity contribution in [3.63, 3.8) is 0 Å². The average Bonchev–Trinajstić information content (AvgIpc) is 3.00. The van der Waals surface area contributed by atoms with Crippen molar-refractivity contribution in [3.05, 3.63) is 0 Å². The molecular formula is C11H23NO2. The van der Waals surface area contributed by atoms with Crippen LogP contribution in [0, 0.1) is 0 Å². The molecule has 0 unspecified atom stereocenters. The number of aliphatic hydroxyl groups excluding tert-OH is 1. The van der Waals surface area contributed by atoms with Crippen LogP contribution in [0.5, 0.6) is 0 Å². The smallest absolute Gasteiger partial charge is 0.0769 e. The van der Waals surface area contributed by atoms with Gasteiger partial charge in [-0.3, -0.25) is 4.90 Å². The molecule has 0 bridgehead atoms. The Morgan fingerprint density at radius 2 is 1.86 bits per heavy atom. The zero-order valence-electron chi connectivity index (χ0n) is 9.37. The van der Waals surface area contributed by atoms with Gasteiger partial charge in [0.15, 0.2) is 0 Å². The van der Waals surface area contributed by atoms with Gasteiger partial charge in [-0.05, 0) is 25.7 Å². The number of aliphatic hydroxyl groups is 2. The molecule has 14 heavy (non-hydrogen) atoms. The molecule has 0 radical (unpaired) electrons. The van der Waals surface area contributed by atoms with Crippen LogP contribution in [0.4, 0.5) is 0 Å². The van der Waals surface area contributed by atoms with E-state index in [1.54, 1.807) is 0 Å². The Morgan fingerprint density at radius 3 is 2.21 bits per heavy atom. The van der Waals surface area contributed by atoms with E-state index in [1.807, 2.05) is 13.8 Å². The van der Waals surface area contributed by atoms with Crippen molar-refractivity contribution >= 4 is 0 Å². The van der Waals surface area contributed by atoms with Crippen molar-refractivity contribution in [1.29, 1.82) is 0 Å². The highest BCUT2D eigenvalue weighted by molar-refractivity contribution is 4.89. The van der Waals surface area contributed by atoms with Gasteiger partial charge in [-0.1, -0.05) is 13.8 Å². The molecule has 1 rings (SSSR count). The molecule has 0 heterocycles. The van der Waals surface area contributed by atoms with Crippen molar-refractivity contribution in [2.45, 2.75) is 51.2 Å². The van der Waals surface area contributed by atoms with Crippen LogP contribution in [0.25, 0.3) is 0 Å². The molecular weight excluding hydrogens is 178 g/mol. The number of hydrogen-bond acceptors (Lipinski definition) is 3. The van der Waals surface area contributed by atoms with Crippen LogP contribution < -0.4 is 0 Å². The van der Waals surface area contributed by atoms with Gasteiger partial charge in [0.2, 0.25) is 0 Å². The minimum absolute atomic E-state index is 0.194. The first-order chi connectivity index (χ1) is 6.65. The van der Waals surface area contributed by atoms with Crippen LogP contribution >= 0.6 is 0 Å². The van der Waals surface area contributed by atoms with Gasteiger partial charge in [0.25, 0.3) is 0 Å². The summed E-state index contributed by atoms with van der Waals surface area (Å²) in [6.45, 7) is 5.65. The van der Waals surface area contributed by atoms with E-state index in [9.17, 15) is 5.11 Å². The molecule has 0 amide bonds. The normalized spacial score (nSPS) is 17.8. The predicted molar refractivity (Wildman–Crippen MR) is 57.2 cm³/mol. The lowest BCUT2D eigenvalue weighted by atomic mass is 9.97. The molecule has 1 saturated carbocycles. The van der Waals surface area contributed by atoms with Crippen molar-refractivity contribution in [2.75, 3.05) is 19.7 Å². The Labute approximate surface area is 86.7 Å². The van der Waals surface area contributed by atoms with Crippen LogP contribution in [-0.2, 0) is 0 Å². The summed E-state index contributed by atoms with van der Waals surface area (Å²) in [5.74, 6) is 0. The number of hydrogen-bond donors (Lipinski definition) is 2. The lowest BCUT2D eigenvalue weighted by Gasteiger charge is -2.32. The summed E-state index contributed by atoms with van der Waals surface area (Å²) < 4.78 is 0. The van der Waals surface area contributed by atoms with Gasteiger partial charge in [0.05, 0.1) is 12.2 Å². The van der Waals surface area contributed by atoms with Gasteiger partial charge < -0.3 is 10.2 Å². The number of rotatable bonds is 7. The van der Waals surface area contributed by atoms with E-state index in [-0.39, 0.29) is 6.61 Å². The minimum Gasteiger partial charge on any atom is -0.395 e. The summed E-state index contributed by atoms with van der Waals surface area (Å²) in [6, 6.07) is 0.617. The zero-order chi connectivity index (χ0) is 10.6. The third-order valence-corrected chi connectivity index (χ3v) is 3.26. The number of nitrogens with zero attached hydrogens (tertiary/aromatic N) is 1. The molecule has 0 saturated heterocycles. The second kappa shape index (κ2) is 5.10. The highest BCUT2D eigenvalue weighted by Gasteiger charge is 2.34. The summed E-state index contributed by atoms with van der Waals surface area (Å²) in [6.07, 6.45) is 4.03. The maximum Gasteiger partial charge on any atom is 0.0769 e. The summed E-state index contributed by atoms with van der Waals surface area (Å²) in [4.78, 5) is 2.23. The lowest BCUT2D eigenvalue weighted by molar-refractivity contribution is -0.00913. The quantitative estimate of drug-likeness (QED) is 0.645. The lowest BCUT2D eigenvalue weighted by Crippen LogP contribution is -2.44. The molecule has 0 spiro atoms. The second-order valence-corrected chi connectivity index (χ2v) is 4.36. The maximum absolute atomic E-state index is 10.2. The van der Waals surface area contributed by atoms with Gasteiger partial charge in [0, 0.05) is 19.1 Å². The van der Waals surface area contributed by atoms with Crippen molar-refractivity contribution in [3.8, 4) is 0 Å². The fraction of sp³-hybridized carbons (Fsp3) is 1.00. The molecule has 1 fully saturated rings. The van der Waals surface area contributed by atoms with E-state index >= 15 is 0 Å². The molecule has 3 heteroatoms. The highest BCUT2D eigenvalue weighted by Crippen LogP contribution is 2.29. The predicted octanol–water partition coefficient (Wildman–Crippen LogP) is 0.994. The Hall–Kier alpha value is -0.120. The maximum atomic E-state index is 10.2. The fourth-order valence-electron chi connectivity index (χ4n) is 1.81. The van der Waals surface area contributed by atoms with Gasteiger partial charge >= 0.3 is 0 Å². The van der Waals surface area contributed by atoms with E-state index < -0.39 is 5.60 Å². The molecule has 0 aromatic heterocycles. The molecule has 1 aliphatic carbocycles. The third kappa shape index (κ3) is 3.23. The largest absolute Gasteiger partial charge is 0.395 e. The third-order valence-electron chi connectivity index (χ3n) is 3.26.